The molecule has 0 aliphatic carbocycles. The number of rotatable bonds is 0. The van der Waals surface area contributed by atoms with Crippen molar-refractivity contribution in [2.45, 2.75) is 0 Å². The Hall–Kier alpha value is -0.640. The minimum absolute atomic E-state index is 0.0203. The highest BCUT2D eigenvalue weighted by Crippen LogP contribution is 2.01. The molecule has 1 aromatic heterocycles. The second-order valence-electron chi connectivity index (χ2n) is 1.11. The lowest BCUT2D eigenvalue weighted by Crippen LogP contribution is -1.89. The van der Waals surface area contributed by atoms with Gasteiger partial charge in [0.05, 0.1) is 2.74 Å². The first kappa shape index (κ1) is 3.40. The third kappa shape index (κ3) is 1.16. The molecule has 0 unspecified atom stereocenters. The maximum atomic E-state index is 7.08. The summed E-state index contributed by atoms with van der Waals surface area (Å²) in [4.78, 5) is 7.15. The highest BCUT2D eigenvalue weighted by atomic mass is 79.9. The molecule has 0 aromatic carbocycles. The molecule has 0 amide bonds. The topological polar surface area (TPSA) is 51.8 Å². The number of anilines is 1. The van der Waals surface area contributed by atoms with Crippen molar-refractivity contribution < 1.29 is 2.74 Å². The maximum absolute atomic E-state index is 7.08. The van der Waals surface area contributed by atoms with E-state index in [1.165, 1.54) is 0 Å². The van der Waals surface area contributed by atoms with Gasteiger partial charge in [-0.05, 0) is 22.0 Å². The lowest BCUT2D eigenvalue weighted by Gasteiger charge is -1.87. The summed E-state index contributed by atoms with van der Waals surface area (Å²) in [7, 11) is 0. The van der Waals surface area contributed by atoms with E-state index in [2.05, 4.69) is 25.9 Å². The van der Waals surface area contributed by atoms with Gasteiger partial charge in [0.15, 0.2) is 4.73 Å². The number of nitrogens with zero attached hydrogens (tertiary/aromatic N) is 2. The molecule has 0 radical (unpaired) electrons. The van der Waals surface area contributed by atoms with Crippen molar-refractivity contribution in [3.63, 3.8) is 0 Å². The summed E-state index contributed by atoms with van der Waals surface area (Å²) in [5.74, 6) is 0.0203. The van der Waals surface area contributed by atoms with Crippen LogP contribution in [0.2, 0.25) is 0 Å². The van der Waals surface area contributed by atoms with E-state index in [-0.39, 0.29) is 22.8 Å². The van der Waals surface area contributed by atoms with Crippen LogP contribution in [0, 0.1) is 0 Å². The Kier molecular flexibility index (Phi) is 0.886. The van der Waals surface area contributed by atoms with Gasteiger partial charge < -0.3 is 5.73 Å². The summed E-state index contributed by atoms with van der Waals surface area (Å²) < 4.78 is 14.4. The van der Waals surface area contributed by atoms with E-state index in [1.54, 1.807) is 0 Å². The highest BCUT2D eigenvalue weighted by Gasteiger charge is 1.86. The van der Waals surface area contributed by atoms with Gasteiger partial charge in [-0.2, -0.15) is 0 Å². The average molecular weight is 176 g/mol. The fourth-order valence-corrected chi connectivity index (χ4v) is 0.563. The largest absolute Gasteiger partial charge is 0.384 e. The van der Waals surface area contributed by atoms with Crippen molar-refractivity contribution in [1.82, 2.24) is 9.97 Å². The van der Waals surface area contributed by atoms with Crippen LogP contribution in [0.5, 0.6) is 0 Å². The van der Waals surface area contributed by atoms with Gasteiger partial charge in [-0.25, -0.2) is 9.97 Å². The fourth-order valence-electron chi connectivity index (χ4n) is 0.284. The molecule has 3 nitrogen and oxygen atoms in total. The Labute approximate surface area is 57.9 Å². The predicted molar refractivity (Wildman–Crippen MR) is 34.1 cm³/mol. The first-order valence-corrected chi connectivity index (χ1v) is 2.67. The molecular weight excluding hydrogens is 170 g/mol. The van der Waals surface area contributed by atoms with E-state index < -0.39 is 0 Å². The van der Waals surface area contributed by atoms with Crippen LogP contribution in [0.25, 0.3) is 0 Å². The normalized spacial score (nSPS) is 12.6. The van der Waals surface area contributed by atoms with Gasteiger partial charge >= 0.3 is 0 Å². The zero-order valence-electron chi connectivity index (χ0n) is 5.85. The van der Waals surface area contributed by atoms with Crippen LogP contribution in [0.1, 0.15) is 2.74 Å². The van der Waals surface area contributed by atoms with E-state index >= 15 is 0 Å². The van der Waals surface area contributed by atoms with Crippen LogP contribution in [0.3, 0.4) is 0 Å². The molecule has 1 rings (SSSR count). The fraction of sp³-hybridized carbons (Fsp3) is 0. The van der Waals surface area contributed by atoms with Gasteiger partial charge in [0.25, 0.3) is 0 Å². The minimum atomic E-state index is -0.167. The molecule has 8 heavy (non-hydrogen) atoms. The molecule has 0 spiro atoms. The molecule has 1 aromatic rings. The third-order valence-corrected chi connectivity index (χ3v) is 0.899. The number of hydrogen-bond acceptors (Lipinski definition) is 3. The SMILES string of the molecule is [2H]c1nc(Br)nc(N)c1[2H]. The lowest BCUT2D eigenvalue weighted by molar-refractivity contribution is 1.12. The van der Waals surface area contributed by atoms with Crippen LogP contribution in [-0.2, 0) is 0 Å². The molecular formula is C4H4BrN3. The van der Waals surface area contributed by atoms with E-state index in [0.29, 0.717) is 0 Å². The van der Waals surface area contributed by atoms with Crippen molar-refractivity contribution >= 4 is 21.7 Å². The molecule has 0 fully saturated rings. The Bertz CT molecular complexity index is 242. The quantitative estimate of drug-likeness (QED) is 0.595. The van der Waals surface area contributed by atoms with E-state index in [4.69, 9.17) is 8.48 Å². The summed E-state index contributed by atoms with van der Waals surface area (Å²) in [6.45, 7) is 0. The van der Waals surface area contributed by atoms with Crippen LogP contribution in [0.15, 0.2) is 16.9 Å². The van der Waals surface area contributed by atoms with Gasteiger partial charge in [0.2, 0.25) is 0 Å². The zero-order valence-corrected chi connectivity index (χ0v) is 5.44. The van der Waals surface area contributed by atoms with E-state index in [1.807, 2.05) is 0 Å². The molecule has 0 aliphatic heterocycles. The summed E-state index contributed by atoms with van der Waals surface area (Å²) in [5.41, 5.74) is 5.23. The molecule has 2 N–H and O–H groups in total. The molecule has 0 atom stereocenters. The zero-order chi connectivity index (χ0) is 7.72. The summed E-state index contributed by atoms with van der Waals surface area (Å²) in [6, 6.07) is -0.136. The van der Waals surface area contributed by atoms with E-state index in [9.17, 15) is 0 Å². The first-order valence-electron chi connectivity index (χ1n) is 2.87. The maximum Gasteiger partial charge on any atom is 0.198 e. The molecule has 0 saturated heterocycles. The number of nitrogen functional groups attached to an aromatic ring is 1. The first-order chi connectivity index (χ1) is 4.61. The van der Waals surface area contributed by atoms with Gasteiger partial charge in [-0.1, -0.05) is 0 Å². The standard InChI is InChI=1S/C4H4BrN3/c5-4-7-2-1-3(6)8-4/h1-2H,(H2,6,7,8)/i1D,2D. The molecule has 0 bridgehead atoms. The number of hydrogen-bond donors (Lipinski definition) is 1. The second-order valence-corrected chi connectivity index (χ2v) is 1.82. The van der Waals surface area contributed by atoms with Gasteiger partial charge in [-0.3, -0.25) is 0 Å². The summed E-state index contributed by atoms with van der Waals surface area (Å²) in [6.07, 6.45) is -0.167. The number of halogens is 1. The molecule has 0 aliphatic rings. The van der Waals surface area contributed by atoms with Crippen molar-refractivity contribution in [1.29, 1.82) is 0 Å². The molecule has 0 saturated carbocycles. The summed E-state index contributed by atoms with van der Waals surface area (Å²) >= 11 is 2.94. The molecule has 4 heteroatoms. The number of nitrogens with two attached hydrogens (primary N) is 1. The molecule has 1 heterocycles. The number of aromatic nitrogens is 2. The predicted octanol–water partition coefficient (Wildman–Crippen LogP) is 0.821. The molecule has 42 valence electrons. The Morgan fingerprint density at radius 2 is 2.62 bits per heavy atom. The lowest BCUT2D eigenvalue weighted by atomic mass is 10.6. The Balaban J connectivity index is 3.31. The van der Waals surface area contributed by atoms with Gasteiger partial charge in [0, 0.05) is 6.17 Å². The summed E-state index contributed by atoms with van der Waals surface area (Å²) in [5, 5.41) is 0. The average Bonchev–Trinajstić information content (AvgIpc) is 1.82. The third-order valence-electron chi connectivity index (χ3n) is 0.545. The second kappa shape index (κ2) is 2.09. The smallest absolute Gasteiger partial charge is 0.198 e. The Morgan fingerprint density at radius 1 is 1.88 bits per heavy atom. The van der Waals surface area contributed by atoms with Gasteiger partial charge in [-0.15, -0.1) is 0 Å². The van der Waals surface area contributed by atoms with Crippen LogP contribution in [-0.4, -0.2) is 9.97 Å². The highest BCUT2D eigenvalue weighted by molar-refractivity contribution is 9.10. The monoisotopic (exact) mass is 175 g/mol. The van der Waals surface area contributed by atoms with Gasteiger partial charge in [0.1, 0.15) is 5.82 Å². The minimum Gasteiger partial charge on any atom is -0.384 e. The van der Waals surface area contributed by atoms with Crippen LogP contribution < -0.4 is 5.73 Å². The van der Waals surface area contributed by atoms with Crippen molar-refractivity contribution in [2.24, 2.45) is 0 Å². The Morgan fingerprint density at radius 3 is 3.25 bits per heavy atom. The van der Waals surface area contributed by atoms with E-state index in [0.717, 1.165) is 0 Å². The van der Waals surface area contributed by atoms with Crippen LogP contribution >= 0.6 is 15.9 Å². The van der Waals surface area contributed by atoms with Crippen LogP contribution in [0.4, 0.5) is 5.82 Å². The van der Waals surface area contributed by atoms with Crippen molar-refractivity contribution in [3.8, 4) is 0 Å². The van der Waals surface area contributed by atoms with Crippen molar-refractivity contribution in [2.75, 3.05) is 5.73 Å². The van der Waals surface area contributed by atoms with Crippen molar-refractivity contribution in [3.05, 3.63) is 16.9 Å².